The molecule has 2 heterocycles. The maximum Gasteiger partial charge on any atom is 0.269 e. The largest absolute Gasteiger partial charge is 0.376 e. The zero-order valence-electron chi connectivity index (χ0n) is 14.9. The minimum atomic E-state index is -3.92. The second kappa shape index (κ2) is 8.32. The van der Waals surface area contributed by atoms with Crippen molar-refractivity contribution in [2.45, 2.75) is 49.1 Å². The minimum Gasteiger partial charge on any atom is -0.376 e. The van der Waals surface area contributed by atoms with E-state index in [1.54, 1.807) is 0 Å². The molecule has 2 aliphatic heterocycles. The Morgan fingerprint density at radius 3 is 2.59 bits per heavy atom. The Kier molecular flexibility index (Phi) is 6.08. The lowest BCUT2D eigenvalue weighted by molar-refractivity contribution is -0.384. The Balaban J connectivity index is 1.74. The van der Waals surface area contributed by atoms with Gasteiger partial charge in [-0.15, -0.1) is 0 Å². The summed E-state index contributed by atoms with van der Waals surface area (Å²) < 4.78 is 32.7. The predicted molar refractivity (Wildman–Crippen MR) is 96.6 cm³/mol. The SMILES string of the molecule is O=C(NC[C@H]1CCCO1)[C@@H]1CCCCN1S(=O)(=O)c1ccc([N+](=O)[O-])cc1. The van der Waals surface area contributed by atoms with Crippen LogP contribution in [-0.4, -0.2) is 55.4 Å². The van der Waals surface area contributed by atoms with E-state index in [1.807, 2.05) is 0 Å². The average molecular weight is 397 g/mol. The summed E-state index contributed by atoms with van der Waals surface area (Å²) >= 11 is 0. The summed E-state index contributed by atoms with van der Waals surface area (Å²) in [6, 6.07) is 3.96. The second-order valence-electron chi connectivity index (χ2n) is 6.76. The first-order valence-electron chi connectivity index (χ1n) is 9.05. The molecule has 2 aliphatic rings. The molecule has 2 atom stereocenters. The topological polar surface area (TPSA) is 119 Å². The van der Waals surface area contributed by atoms with Crippen molar-refractivity contribution in [3.63, 3.8) is 0 Å². The molecular weight excluding hydrogens is 374 g/mol. The van der Waals surface area contributed by atoms with Crippen LogP contribution in [-0.2, 0) is 19.6 Å². The molecule has 2 saturated heterocycles. The number of piperidine rings is 1. The molecule has 27 heavy (non-hydrogen) atoms. The minimum absolute atomic E-state index is 0.0164. The number of ether oxygens (including phenoxy) is 1. The Hall–Kier alpha value is -2.04. The molecule has 148 valence electrons. The number of amides is 1. The van der Waals surface area contributed by atoms with Crippen LogP contribution < -0.4 is 5.32 Å². The summed E-state index contributed by atoms with van der Waals surface area (Å²) in [7, 11) is -3.92. The summed E-state index contributed by atoms with van der Waals surface area (Å²) in [5.74, 6) is -0.323. The smallest absolute Gasteiger partial charge is 0.269 e. The van der Waals surface area contributed by atoms with Gasteiger partial charge in [-0.1, -0.05) is 6.42 Å². The van der Waals surface area contributed by atoms with Gasteiger partial charge in [0.2, 0.25) is 15.9 Å². The highest BCUT2D eigenvalue weighted by Crippen LogP contribution is 2.27. The molecule has 1 aromatic carbocycles. The molecule has 3 rings (SSSR count). The van der Waals surface area contributed by atoms with E-state index in [9.17, 15) is 23.3 Å². The number of rotatable bonds is 6. The van der Waals surface area contributed by atoms with Crippen LogP contribution in [0, 0.1) is 10.1 Å². The summed E-state index contributed by atoms with van der Waals surface area (Å²) in [6.07, 6.45) is 3.72. The highest BCUT2D eigenvalue weighted by atomic mass is 32.2. The molecule has 10 heteroatoms. The fourth-order valence-electron chi connectivity index (χ4n) is 3.47. The maximum atomic E-state index is 13.0. The van der Waals surface area contributed by atoms with Crippen molar-refractivity contribution in [1.29, 1.82) is 0 Å². The number of nitro benzene ring substituents is 1. The van der Waals surface area contributed by atoms with Gasteiger partial charge in [-0.05, 0) is 37.8 Å². The Labute approximate surface area is 157 Å². The van der Waals surface area contributed by atoms with Crippen LogP contribution in [0.1, 0.15) is 32.1 Å². The zero-order valence-corrected chi connectivity index (χ0v) is 15.7. The van der Waals surface area contributed by atoms with Crippen molar-refractivity contribution >= 4 is 21.6 Å². The van der Waals surface area contributed by atoms with Crippen molar-refractivity contribution in [3.8, 4) is 0 Å². The zero-order chi connectivity index (χ0) is 19.4. The van der Waals surface area contributed by atoms with E-state index in [2.05, 4.69) is 5.32 Å². The number of carbonyl (C=O) groups excluding carboxylic acids is 1. The Morgan fingerprint density at radius 2 is 1.96 bits per heavy atom. The molecule has 1 aromatic rings. The Morgan fingerprint density at radius 1 is 1.22 bits per heavy atom. The molecule has 1 amide bonds. The lowest BCUT2D eigenvalue weighted by atomic mass is 10.0. The van der Waals surface area contributed by atoms with Gasteiger partial charge in [0.25, 0.3) is 5.69 Å². The van der Waals surface area contributed by atoms with Gasteiger partial charge in [-0.3, -0.25) is 14.9 Å². The highest BCUT2D eigenvalue weighted by molar-refractivity contribution is 7.89. The van der Waals surface area contributed by atoms with Crippen molar-refractivity contribution < 1.29 is 22.9 Å². The van der Waals surface area contributed by atoms with Crippen LogP contribution in [0.5, 0.6) is 0 Å². The maximum absolute atomic E-state index is 13.0. The van der Waals surface area contributed by atoms with Gasteiger partial charge in [0.1, 0.15) is 6.04 Å². The lowest BCUT2D eigenvalue weighted by Gasteiger charge is -2.33. The second-order valence-corrected chi connectivity index (χ2v) is 8.65. The van der Waals surface area contributed by atoms with Gasteiger partial charge >= 0.3 is 0 Å². The van der Waals surface area contributed by atoms with Crippen LogP contribution in [0.2, 0.25) is 0 Å². The number of benzene rings is 1. The van der Waals surface area contributed by atoms with Crippen molar-refractivity contribution in [2.24, 2.45) is 0 Å². The molecule has 0 aliphatic carbocycles. The first-order chi connectivity index (χ1) is 12.9. The fourth-order valence-corrected chi connectivity index (χ4v) is 5.12. The van der Waals surface area contributed by atoms with Gasteiger partial charge < -0.3 is 10.1 Å². The normalized spacial score (nSPS) is 23.9. The first-order valence-corrected chi connectivity index (χ1v) is 10.5. The predicted octanol–water partition coefficient (Wildman–Crippen LogP) is 1.43. The summed E-state index contributed by atoms with van der Waals surface area (Å²) in [5, 5.41) is 13.6. The molecule has 1 N–H and O–H groups in total. The lowest BCUT2D eigenvalue weighted by Crippen LogP contribution is -2.52. The number of nitrogens with zero attached hydrogens (tertiary/aromatic N) is 2. The molecule has 0 unspecified atom stereocenters. The summed E-state index contributed by atoms with van der Waals surface area (Å²) in [6.45, 7) is 1.31. The fraction of sp³-hybridized carbons (Fsp3) is 0.588. The highest BCUT2D eigenvalue weighted by Gasteiger charge is 2.38. The summed E-state index contributed by atoms with van der Waals surface area (Å²) in [5.41, 5.74) is -0.182. The van der Waals surface area contributed by atoms with Crippen LogP contribution in [0.25, 0.3) is 0 Å². The molecule has 0 bridgehead atoms. The summed E-state index contributed by atoms with van der Waals surface area (Å²) in [4.78, 5) is 22.8. The third-order valence-corrected chi connectivity index (χ3v) is 6.86. The average Bonchev–Trinajstić information content (AvgIpc) is 3.20. The van der Waals surface area contributed by atoms with E-state index in [4.69, 9.17) is 4.74 Å². The van der Waals surface area contributed by atoms with E-state index in [0.29, 0.717) is 26.0 Å². The third kappa shape index (κ3) is 4.45. The number of sulfonamides is 1. The molecule has 0 saturated carbocycles. The molecule has 9 nitrogen and oxygen atoms in total. The van der Waals surface area contributed by atoms with Crippen LogP contribution in [0.3, 0.4) is 0 Å². The number of carbonyl (C=O) groups is 1. The van der Waals surface area contributed by atoms with Crippen molar-refractivity contribution in [1.82, 2.24) is 9.62 Å². The monoisotopic (exact) mass is 397 g/mol. The molecule has 0 spiro atoms. The van der Waals surface area contributed by atoms with E-state index >= 15 is 0 Å². The molecular formula is C17H23N3O6S. The number of non-ortho nitro benzene ring substituents is 1. The number of hydrogen-bond donors (Lipinski definition) is 1. The van der Waals surface area contributed by atoms with Crippen molar-refractivity contribution in [3.05, 3.63) is 34.4 Å². The van der Waals surface area contributed by atoms with Crippen molar-refractivity contribution in [2.75, 3.05) is 19.7 Å². The van der Waals surface area contributed by atoms with E-state index in [-0.39, 0.29) is 29.1 Å². The number of nitrogens with one attached hydrogen (secondary N) is 1. The number of nitro groups is 1. The third-order valence-electron chi connectivity index (χ3n) is 4.94. The van der Waals surface area contributed by atoms with Gasteiger partial charge in [0.05, 0.1) is 15.9 Å². The quantitative estimate of drug-likeness (QED) is 0.573. The van der Waals surface area contributed by atoms with E-state index < -0.39 is 21.0 Å². The van der Waals surface area contributed by atoms with Gasteiger partial charge in [0.15, 0.2) is 0 Å². The number of hydrogen-bond acceptors (Lipinski definition) is 6. The van der Waals surface area contributed by atoms with Gasteiger partial charge in [-0.25, -0.2) is 8.42 Å². The van der Waals surface area contributed by atoms with Gasteiger partial charge in [0, 0.05) is 31.8 Å². The first kappa shape index (κ1) is 19.7. The van der Waals surface area contributed by atoms with Crippen LogP contribution in [0.15, 0.2) is 29.2 Å². The van der Waals surface area contributed by atoms with Crippen LogP contribution in [0.4, 0.5) is 5.69 Å². The van der Waals surface area contributed by atoms with E-state index in [0.717, 1.165) is 31.4 Å². The standard InChI is InChI=1S/C17H23N3O6S/c21-17(18-12-14-4-3-11-26-14)16-5-1-2-10-19(16)27(24,25)15-8-6-13(7-9-15)20(22)23/h6-9,14,16H,1-5,10-12H2,(H,18,21)/t14-,16+/m1/s1. The van der Waals surface area contributed by atoms with E-state index in [1.165, 1.54) is 16.4 Å². The molecule has 2 fully saturated rings. The Bertz CT molecular complexity index is 789. The van der Waals surface area contributed by atoms with Crippen LogP contribution >= 0.6 is 0 Å². The van der Waals surface area contributed by atoms with Gasteiger partial charge in [-0.2, -0.15) is 4.31 Å². The molecule has 0 aromatic heterocycles. The molecule has 0 radical (unpaired) electrons.